The van der Waals surface area contributed by atoms with Gasteiger partial charge in [-0.1, -0.05) is 11.8 Å². The second-order valence-corrected chi connectivity index (χ2v) is 3.34. The first-order valence-corrected chi connectivity index (χ1v) is 4.31. The summed E-state index contributed by atoms with van der Waals surface area (Å²) in [7, 11) is 1.83. The summed E-state index contributed by atoms with van der Waals surface area (Å²) >= 11 is 1.63. The van der Waals surface area contributed by atoms with Crippen molar-refractivity contribution < 1.29 is 4.74 Å². The summed E-state index contributed by atoms with van der Waals surface area (Å²) in [6.45, 7) is 0.887. The van der Waals surface area contributed by atoms with Crippen LogP contribution in [0.4, 0.5) is 0 Å². The normalized spacial score (nSPS) is 22.1. The maximum absolute atomic E-state index is 5.05. The van der Waals surface area contributed by atoms with Crippen molar-refractivity contribution in [1.82, 2.24) is 20.2 Å². The molecule has 2 rings (SSSR count). The third-order valence-corrected chi connectivity index (χ3v) is 2.52. The molecule has 1 aromatic rings. The van der Waals surface area contributed by atoms with Gasteiger partial charge in [0.15, 0.2) is 0 Å². The molecule has 0 saturated carbocycles. The van der Waals surface area contributed by atoms with E-state index in [2.05, 4.69) is 15.5 Å². The molecule has 0 N–H and O–H groups in total. The van der Waals surface area contributed by atoms with Gasteiger partial charge in [0, 0.05) is 12.8 Å². The number of epoxide rings is 1. The molecule has 1 fully saturated rings. The average molecular weight is 172 g/mol. The van der Waals surface area contributed by atoms with Gasteiger partial charge in [0.05, 0.1) is 12.7 Å². The maximum Gasteiger partial charge on any atom is 0.209 e. The van der Waals surface area contributed by atoms with Gasteiger partial charge in [-0.05, 0) is 10.4 Å². The van der Waals surface area contributed by atoms with Crippen LogP contribution < -0.4 is 0 Å². The van der Waals surface area contributed by atoms with Crippen molar-refractivity contribution in [3.8, 4) is 0 Å². The third-order valence-electron chi connectivity index (χ3n) is 1.38. The lowest BCUT2D eigenvalue weighted by molar-refractivity contribution is 0.426. The minimum absolute atomic E-state index is 0.427. The Balaban J connectivity index is 1.89. The monoisotopic (exact) mass is 172 g/mol. The van der Waals surface area contributed by atoms with E-state index in [4.69, 9.17) is 4.74 Å². The van der Waals surface area contributed by atoms with Crippen molar-refractivity contribution >= 4 is 11.8 Å². The fraction of sp³-hybridized carbons (Fsp3) is 0.800. The van der Waals surface area contributed by atoms with Crippen LogP contribution in [0.15, 0.2) is 5.16 Å². The Labute approximate surface area is 68.1 Å². The number of nitrogens with zero attached hydrogens (tertiary/aromatic N) is 4. The largest absolute Gasteiger partial charge is 0.372 e. The molecule has 0 unspecified atom stereocenters. The van der Waals surface area contributed by atoms with E-state index in [1.54, 1.807) is 16.4 Å². The molecule has 5 nitrogen and oxygen atoms in total. The molecular weight excluding hydrogens is 164 g/mol. The molecule has 6 heteroatoms. The zero-order chi connectivity index (χ0) is 7.68. The molecule has 0 aliphatic carbocycles. The number of aryl methyl sites for hydroxylation is 1. The lowest BCUT2D eigenvalue weighted by Crippen LogP contribution is -1.96. The molecule has 1 aliphatic heterocycles. The first-order chi connectivity index (χ1) is 5.36. The second-order valence-electron chi connectivity index (χ2n) is 2.35. The first kappa shape index (κ1) is 7.05. The van der Waals surface area contributed by atoms with E-state index in [9.17, 15) is 0 Å². The van der Waals surface area contributed by atoms with Gasteiger partial charge in [-0.15, -0.1) is 5.10 Å². The lowest BCUT2D eigenvalue weighted by Gasteiger charge is -1.93. The van der Waals surface area contributed by atoms with Gasteiger partial charge in [0.25, 0.3) is 0 Å². The molecule has 2 heterocycles. The van der Waals surface area contributed by atoms with Gasteiger partial charge in [-0.2, -0.15) is 0 Å². The Morgan fingerprint density at radius 3 is 3.18 bits per heavy atom. The summed E-state index contributed by atoms with van der Waals surface area (Å²) in [6, 6.07) is 0. The van der Waals surface area contributed by atoms with Crippen molar-refractivity contribution in [3.05, 3.63) is 0 Å². The van der Waals surface area contributed by atoms with Gasteiger partial charge in [0.1, 0.15) is 0 Å². The van der Waals surface area contributed by atoms with Crippen molar-refractivity contribution in [2.45, 2.75) is 11.3 Å². The molecular formula is C5H8N4OS. The number of tetrazole rings is 1. The summed E-state index contributed by atoms with van der Waals surface area (Å²) in [5.41, 5.74) is 0. The molecule has 1 saturated heterocycles. The van der Waals surface area contributed by atoms with Crippen LogP contribution in [0.1, 0.15) is 0 Å². The molecule has 1 aliphatic rings. The quantitative estimate of drug-likeness (QED) is 0.463. The van der Waals surface area contributed by atoms with Crippen LogP contribution in [0.2, 0.25) is 0 Å². The van der Waals surface area contributed by atoms with Crippen LogP contribution >= 0.6 is 11.8 Å². The van der Waals surface area contributed by atoms with Gasteiger partial charge >= 0.3 is 0 Å². The van der Waals surface area contributed by atoms with Crippen LogP contribution in [0.5, 0.6) is 0 Å². The van der Waals surface area contributed by atoms with Gasteiger partial charge in [-0.25, -0.2) is 4.68 Å². The summed E-state index contributed by atoms with van der Waals surface area (Å²) < 4.78 is 6.71. The Morgan fingerprint density at radius 2 is 2.64 bits per heavy atom. The van der Waals surface area contributed by atoms with E-state index in [1.165, 1.54) is 0 Å². The van der Waals surface area contributed by atoms with Gasteiger partial charge in [0.2, 0.25) is 5.16 Å². The Bertz CT molecular complexity index is 246. The van der Waals surface area contributed by atoms with E-state index >= 15 is 0 Å². The molecule has 11 heavy (non-hydrogen) atoms. The van der Waals surface area contributed by atoms with Crippen molar-refractivity contribution in [2.24, 2.45) is 7.05 Å². The fourth-order valence-electron chi connectivity index (χ4n) is 0.675. The summed E-state index contributed by atoms with van der Waals surface area (Å²) in [5, 5.41) is 11.9. The molecule has 1 aromatic heterocycles. The van der Waals surface area contributed by atoms with Gasteiger partial charge in [-0.3, -0.25) is 0 Å². The van der Waals surface area contributed by atoms with Crippen LogP contribution in [0.25, 0.3) is 0 Å². The van der Waals surface area contributed by atoms with Crippen molar-refractivity contribution in [3.63, 3.8) is 0 Å². The first-order valence-electron chi connectivity index (χ1n) is 3.33. The number of thioether (sulfide) groups is 1. The summed E-state index contributed by atoms with van der Waals surface area (Å²) in [6.07, 6.45) is 0.427. The number of hydrogen-bond acceptors (Lipinski definition) is 5. The summed E-state index contributed by atoms with van der Waals surface area (Å²) in [4.78, 5) is 0. The van der Waals surface area contributed by atoms with Crippen LogP contribution in [0, 0.1) is 0 Å². The number of rotatable bonds is 3. The zero-order valence-electron chi connectivity index (χ0n) is 6.10. The maximum atomic E-state index is 5.05. The smallest absolute Gasteiger partial charge is 0.209 e. The van der Waals surface area contributed by atoms with E-state index in [0.717, 1.165) is 17.5 Å². The molecule has 1 atom stereocenters. The van der Waals surface area contributed by atoms with Crippen molar-refractivity contribution in [2.75, 3.05) is 12.4 Å². The van der Waals surface area contributed by atoms with Crippen LogP contribution in [-0.2, 0) is 11.8 Å². The summed E-state index contributed by atoms with van der Waals surface area (Å²) in [5.74, 6) is 0.953. The molecule has 0 spiro atoms. The minimum atomic E-state index is 0.427. The molecule has 0 bridgehead atoms. The van der Waals surface area contributed by atoms with Crippen LogP contribution in [-0.4, -0.2) is 38.7 Å². The SMILES string of the molecule is Cn1nnnc1SC[C@H]1CO1. The predicted octanol–water partition coefficient (Wildman–Crippen LogP) is -0.299. The Morgan fingerprint density at radius 1 is 1.82 bits per heavy atom. The highest BCUT2D eigenvalue weighted by Gasteiger charge is 2.23. The standard InChI is InChI=1S/C5H8N4OS/c1-9-5(6-7-8-9)11-3-4-2-10-4/h4H,2-3H2,1H3/t4-/m1/s1. The number of hydrogen-bond donors (Lipinski definition) is 0. The molecule has 0 radical (unpaired) electrons. The van der Waals surface area contributed by atoms with Gasteiger partial charge < -0.3 is 4.74 Å². The highest BCUT2D eigenvalue weighted by molar-refractivity contribution is 7.99. The third kappa shape index (κ3) is 1.69. The molecule has 0 aromatic carbocycles. The van der Waals surface area contributed by atoms with Crippen molar-refractivity contribution in [1.29, 1.82) is 0 Å². The molecule has 0 amide bonds. The highest BCUT2D eigenvalue weighted by atomic mass is 32.2. The number of aromatic nitrogens is 4. The fourth-order valence-corrected chi connectivity index (χ4v) is 1.52. The number of ether oxygens (including phenoxy) is 1. The van der Waals surface area contributed by atoms with E-state index < -0.39 is 0 Å². The van der Waals surface area contributed by atoms with E-state index in [1.807, 2.05) is 7.05 Å². The Hall–Kier alpha value is -0.620. The molecule has 60 valence electrons. The lowest BCUT2D eigenvalue weighted by atomic mass is 10.6. The van der Waals surface area contributed by atoms with E-state index in [-0.39, 0.29) is 0 Å². The highest BCUT2D eigenvalue weighted by Crippen LogP contribution is 2.20. The van der Waals surface area contributed by atoms with Crippen LogP contribution in [0.3, 0.4) is 0 Å². The minimum Gasteiger partial charge on any atom is -0.372 e. The zero-order valence-corrected chi connectivity index (χ0v) is 6.91. The predicted molar refractivity (Wildman–Crippen MR) is 39.3 cm³/mol. The van der Waals surface area contributed by atoms with E-state index in [0.29, 0.717) is 6.10 Å². The topological polar surface area (TPSA) is 56.1 Å². The second kappa shape index (κ2) is 2.78. The Kier molecular flexibility index (Phi) is 1.79. The average Bonchev–Trinajstić information content (AvgIpc) is 2.73.